The maximum absolute atomic E-state index is 14.2. The Balaban J connectivity index is 0.962. The van der Waals surface area contributed by atoms with Gasteiger partial charge >= 0.3 is 11.6 Å². The molecular weight excluding hydrogens is 875 g/mol. The zero-order valence-corrected chi connectivity index (χ0v) is 37.4. The van der Waals surface area contributed by atoms with Gasteiger partial charge in [0.2, 0.25) is 5.82 Å². The number of anilines is 2. The lowest BCUT2D eigenvalue weighted by atomic mass is 9.77. The van der Waals surface area contributed by atoms with Crippen LogP contribution in [-0.2, 0) is 42.6 Å². The van der Waals surface area contributed by atoms with Gasteiger partial charge in [0.05, 0.1) is 25.6 Å². The number of thioether (sulfide) groups is 1. The number of ether oxygens (including phenoxy) is 2. The number of aromatic nitrogens is 4. The standard InChI is InChI=1S/C49H43N9O6S2/c1-62-37-22-20-32(21-23-37)29-64-47(61)43-33(13-12-27-56-28-25-39(50)58-40(56)24-26-51-58)30-65-46-42(45(60)57(43)46)53-44(59)41(55-63-2)38-31-66-48(52-38)54-49(34-14-6-3-7-15-34,35-16-8-4-9-17-35)36-18-10-5-11-19-36/h3-26,28,31,42,46,50H,27,29-30H2,1-2H3,(H2,52,53,54,59)/p+1/b13-12+,55-41?/t42-,46+/m1/s1. The van der Waals surface area contributed by atoms with Crippen LogP contribution in [0.5, 0.6) is 5.75 Å². The monoisotopic (exact) mass is 918 g/mol. The van der Waals surface area contributed by atoms with Crippen molar-refractivity contribution in [3.63, 3.8) is 0 Å². The van der Waals surface area contributed by atoms with Crippen LogP contribution in [0.1, 0.15) is 27.9 Å². The molecule has 7 aromatic rings. The highest BCUT2D eigenvalue weighted by Gasteiger charge is 2.54. The van der Waals surface area contributed by atoms with E-state index in [1.54, 1.807) is 53.5 Å². The van der Waals surface area contributed by atoms with Gasteiger partial charge in [0.1, 0.15) is 54.4 Å². The van der Waals surface area contributed by atoms with Crippen LogP contribution in [-0.4, -0.2) is 74.4 Å². The quantitative estimate of drug-likeness (QED) is 0.0256. The zero-order chi connectivity index (χ0) is 45.6. The number of carbonyl (C=O) groups is 3. The molecule has 2 aliphatic heterocycles. The van der Waals surface area contributed by atoms with E-state index in [0.29, 0.717) is 34.6 Å². The number of nitrogen functional groups attached to an aromatic ring is 1. The van der Waals surface area contributed by atoms with Crippen molar-refractivity contribution in [2.24, 2.45) is 5.16 Å². The Labute approximate surface area is 388 Å². The van der Waals surface area contributed by atoms with Gasteiger partial charge in [0.25, 0.3) is 11.8 Å². The predicted molar refractivity (Wildman–Crippen MR) is 252 cm³/mol. The summed E-state index contributed by atoms with van der Waals surface area (Å²) in [5.41, 5.74) is 10.5. The highest BCUT2D eigenvalue weighted by molar-refractivity contribution is 8.00. The second-order valence-corrected chi connectivity index (χ2v) is 17.2. The Bertz CT molecular complexity index is 2880. The van der Waals surface area contributed by atoms with Gasteiger partial charge in [-0.2, -0.15) is 0 Å². The van der Waals surface area contributed by atoms with E-state index in [1.807, 2.05) is 83.6 Å². The summed E-state index contributed by atoms with van der Waals surface area (Å²) in [4.78, 5) is 53.8. The molecule has 1 fully saturated rings. The number of benzene rings is 4. The molecule has 4 N–H and O–H groups in total. The van der Waals surface area contributed by atoms with Crippen LogP contribution in [0, 0.1) is 0 Å². The minimum absolute atomic E-state index is 0.0334. The van der Waals surface area contributed by atoms with Gasteiger partial charge < -0.3 is 30.7 Å². The number of nitrogens with one attached hydrogen (secondary N) is 2. The summed E-state index contributed by atoms with van der Waals surface area (Å²) >= 11 is 2.72. The summed E-state index contributed by atoms with van der Waals surface area (Å²) in [5, 5.41) is 16.6. The second-order valence-electron chi connectivity index (χ2n) is 15.2. The van der Waals surface area contributed by atoms with Gasteiger partial charge in [-0.25, -0.2) is 14.3 Å². The molecule has 1 saturated heterocycles. The van der Waals surface area contributed by atoms with Crippen LogP contribution < -0.4 is 25.7 Å². The first kappa shape index (κ1) is 43.5. The van der Waals surface area contributed by atoms with Crippen LogP contribution in [0.4, 0.5) is 10.9 Å². The third-order valence-corrected chi connectivity index (χ3v) is 13.3. The van der Waals surface area contributed by atoms with Crippen LogP contribution in [0.15, 0.2) is 174 Å². The summed E-state index contributed by atoms with van der Waals surface area (Å²) in [6.45, 7) is 0.392. The average Bonchev–Trinajstić information content (AvgIpc) is 4.06. The van der Waals surface area contributed by atoms with Crippen molar-refractivity contribution in [3.05, 3.63) is 197 Å². The normalized spacial score (nSPS) is 16.2. The fourth-order valence-corrected chi connectivity index (χ4v) is 10.1. The number of oxime groups is 1. The van der Waals surface area contributed by atoms with E-state index in [2.05, 4.69) is 57.3 Å². The Morgan fingerprint density at radius 3 is 2.23 bits per heavy atom. The van der Waals surface area contributed by atoms with E-state index in [1.165, 1.54) is 35.1 Å². The number of nitrogens with two attached hydrogens (primary N) is 1. The number of fused-ring (bicyclic) bond motifs is 2. The lowest BCUT2D eigenvalue weighted by Crippen LogP contribution is -2.71. The molecular formula is C49H44N9O6S2+. The molecule has 0 saturated carbocycles. The molecule has 66 heavy (non-hydrogen) atoms. The zero-order valence-electron chi connectivity index (χ0n) is 35.8. The largest absolute Gasteiger partial charge is 0.497 e. The minimum Gasteiger partial charge on any atom is -0.497 e. The van der Waals surface area contributed by atoms with Gasteiger partial charge in [-0.1, -0.05) is 124 Å². The first-order chi connectivity index (χ1) is 32.3. The fourth-order valence-electron chi connectivity index (χ4n) is 8.07. The third-order valence-electron chi connectivity index (χ3n) is 11.3. The minimum atomic E-state index is -0.988. The SMILES string of the molecule is CON=C(C(=O)N[C@@H]1C(=O)N2C(C(=O)OCc3ccc(OC)cc3)=C(/C=C/C[n+]3ccc(N)n4nccc43)CS[C@@H]12)c1csc(NC(c2ccccc2)(c2ccccc2)c2ccccc2)n1. The van der Waals surface area contributed by atoms with Gasteiger partial charge in [0, 0.05) is 17.2 Å². The number of methoxy groups -OCH3 is 1. The molecule has 5 heterocycles. The Kier molecular flexibility index (Phi) is 12.6. The van der Waals surface area contributed by atoms with Gasteiger partial charge in [-0.3, -0.25) is 14.5 Å². The maximum atomic E-state index is 14.2. The number of β-lactam (4-membered cyclic amide) rings is 1. The molecule has 0 radical (unpaired) electrons. The number of nitrogens with zero attached hydrogens (tertiary/aromatic N) is 6. The maximum Gasteiger partial charge on any atom is 0.355 e. The van der Waals surface area contributed by atoms with Crippen LogP contribution in [0.25, 0.3) is 5.65 Å². The lowest BCUT2D eigenvalue weighted by Gasteiger charge is -2.49. The molecule has 0 unspecified atom stereocenters. The number of rotatable bonds is 16. The number of hydrogen-bond acceptors (Lipinski definition) is 13. The summed E-state index contributed by atoms with van der Waals surface area (Å²) in [6, 6.07) is 40.0. The molecule has 3 aromatic heterocycles. The molecule has 0 bridgehead atoms. The first-order valence-corrected chi connectivity index (χ1v) is 22.8. The molecule has 0 spiro atoms. The van der Waals surface area contributed by atoms with Crippen LogP contribution >= 0.6 is 23.1 Å². The number of thiazole rings is 1. The Morgan fingerprint density at radius 2 is 1.59 bits per heavy atom. The summed E-state index contributed by atoms with van der Waals surface area (Å²) < 4.78 is 14.7. The third kappa shape index (κ3) is 8.48. The highest BCUT2D eigenvalue weighted by atomic mass is 32.2. The molecule has 15 nitrogen and oxygen atoms in total. The van der Waals surface area contributed by atoms with Gasteiger partial charge in [-0.05, 0) is 46.0 Å². The van der Waals surface area contributed by atoms with Crippen molar-refractivity contribution < 1.29 is 33.3 Å². The van der Waals surface area contributed by atoms with Crippen molar-refractivity contribution >= 4 is 63.2 Å². The first-order valence-electron chi connectivity index (χ1n) is 20.9. The molecule has 2 amide bonds. The number of hydrogen-bond donors (Lipinski definition) is 3. The summed E-state index contributed by atoms with van der Waals surface area (Å²) in [6.07, 6.45) is 7.23. The molecule has 2 aliphatic rings. The van der Waals surface area contributed by atoms with Crippen molar-refractivity contribution in [1.29, 1.82) is 0 Å². The van der Waals surface area contributed by atoms with Gasteiger partial charge in [-0.15, -0.1) is 23.1 Å². The van der Waals surface area contributed by atoms with Crippen molar-refractivity contribution in [1.82, 2.24) is 24.8 Å². The van der Waals surface area contributed by atoms with Crippen molar-refractivity contribution in [3.8, 4) is 5.75 Å². The van der Waals surface area contributed by atoms with Gasteiger partial charge in [0.15, 0.2) is 10.8 Å². The van der Waals surface area contributed by atoms with E-state index in [-0.39, 0.29) is 23.7 Å². The molecule has 332 valence electrons. The van der Waals surface area contributed by atoms with E-state index in [4.69, 9.17) is 25.0 Å². The summed E-state index contributed by atoms with van der Waals surface area (Å²) in [5.74, 6) is -0.306. The predicted octanol–water partition coefficient (Wildman–Crippen LogP) is 6.08. The van der Waals surface area contributed by atoms with Crippen molar-refractivity contribution in [2.45, 2.75) is 30.1 Å². The molecule has 2 atom stereocenters. The van der Waals surface area contributed by atoms with Crippen LogP contribution in [0.3, 0.4) is 0 Å². The van der Waals surface area contributed by atoms with E-state index >= 15 is 0 Å². The Hall–Kier alpha value is -7.76. The fraction of sp³-hybridized carbons (Fsp3) is 0.163. The number of allylic oxidation sites excluding steroid dienone is 2. The topological polar surface area (TPSA) is 179 Å². The van der Waals surface area contributed by atoms with Crippen molar-refractivity contribution in [2.75, 3.05) is 31.0 Å². The van der Waals surface area contributed by atoms with E-state index in [9.17, 15) is 14.4 Å². The Morgan fingerprint density at radius 1 is 0.924 bits per heavy atom. The molecule has 9 rings (SSSR count). The molecule has 4 aromatic carbocycles. The molecule has 17 heteroatoms. The number of carbonyl (C=O) groups excluding carboxylic acids is 3. The second kappa shape index (κ2) is 19.1. The summed E-state index contributed by atoms with van der Waals surface area (Å²) in [7, 11) is 2.91. The highest BCUT2D eigenvalue weighted by Crippen LogP contribution is 2.42. The number of esters is 1. The lowest BCUT2D eigenvalue weighted by molar-refractivity contribution is -0.664. The van der Waals surface area contributed by atoms with E-state index < -0.39 is 34.7 Å². The molecule has 0 aliphatic carbocycles. The number of amides is 2. The van der Waals surface area contributed by atoms with Crippen LogP contribution in [0.2, 0.25) is 0 Å². The van der Waals surface area contributed by atoms with E-state index in [0.717, 1.165) is 27.9 Å². The average molecular weight is 919 g/mol. The smallest absolute Gasteiger partial charge is 0.355 e.